The van der Waals surface area contributed by atoms with E-state index in [0.29, 0.717) is 33.3 Å². The molecule has 1 saturated heterocycles. The summed E-state index contributed by atoms with van der Waals surface area (Å²) >= 11 is 6.11. The molecule has 0 bridgehead atoms. The number of hydrogen-bond donors (Lipinski definition) is 1. The lowest BCUT2D eigenvalue weighted by Crippen LogP contribution is -2.29. The Hall–Kier alpha value is -3.77. The van der Waals surface area contributed by atoms with Gasteiger partial charge >= 0.3 is 0 Å². The van der Waals surface area contributed by atoms with Crippen LogP contribution in [0.3, 0.4) is 0 Å². The van der Waals surface area contributed by atoms with Crippen molar-refractivity contribution in [3.63, 3.8) is 0 Å². The third-order valence-corrected chi connectivity index (χ3v) is 5.65. The predicted molar refractivity (Wildman–Crippen MR) is 122 cm³/mol. The largest absolute Gasteiger partial charge is 0.507 e. The van der Waals surface area contributed by atoms with Crippen LogP contribution in [-0.4, -0.2) is 31.0 Å². The molecule has 7 heteroatoms. The number of para-hydroxylation sites is 2. The number of methoxy groups -OCH3 is 2. The van der Waals surface area contributed by atoms with Crippen molar-refractivity contribution in [3.05, 3.63) is 94.5 Å². The molecule has 1 atom stereocenters. The summed E-state index contributed by atoms with van der Waals surface area (Å²) in [5.74, 6) is -1.04. The van der Waals surface area contributed by atoms with E-state index in [9.17, 15) is 14.7 Å². The second-order valence-electron chi connectivity index (χ2n) is 7.10. The van der Waals surface area contributed by atoms with Gasteiger partial charge in [0.15, 0.2) is 0 Å². The maximum Gasteiger partial charge on any atom is 0.300 e. The molecule has 0 radical (unpaired) electrons. The summed E-state index contributed by atoms with van der Waals surface area (Å²) in [6.07, 6.45) is 0. The van der Waals surface area contributed by atoms with Crippen molar-refractivity contribution in [2.75, 3.05) is 19.1 Å². The SMILES string of the molecule is COc1cc(/C(O)=C2\C(=O)C(=O)N(c3ccccc3)C2c2ccccc2OC)ccc1Cl. The number of carbonyl (C=O) groups is 2. The molecule has 1 heterocycles. The number of ketones is 1. The lowest BCUT2D eigenvalue weighted by atomic mass is 9.94. The first-order chi connectivity index (χ1) is 15.5. The Morgan fingerprint density at radius 3 is 2.25 bits per heavy atom. The average molecular weight is 450 g/mol. The van der Waals surface area contributed by atoms with Gasteiger partial charge in [-0.25, -0.2) is 0 Å². The molecule has 4 rings (SSSR count). The van der Waals surface area contributed by atoms with Crippen LogP contribution in [0.15, 0.2) is 78.4 Å². The topological polar surface area (TPSA) is 76.1 Å². The Balaban J connectivity index is 1.98. The normalized spacial score (nSPS) is 17.5. The van der Waals surface area contributed by atoms with Crippen molar-refractivity contribution >= 4 is 34.7 Å². The number of aliphatic hydroxyl groups excluding tert-OH is 1. The lowest BCUT2D eigenvalue weighted by molar-refractivity contribution is -0.132. The summed E-state index contributed by atoms with van der Waals surface area (Å²) in [5.41, 5.74) is 1.35. The van der Waals surface area contributed by atoms with Crippen molar-refractivity contribution in [2.24, 2.45) is 0 Å². The molecule has 1 aliphatic heterocycles. The van der Waals surface area contributed by atoms with E-state index in [1.165, 1.54) is 25.2 Å². The molecule has 1 amide bonds. The number of ether oxygens (including phenoxy) is 2. The van der Waals surface area contributed by atoms with Crippen molar-refractivity contribution < 1.29 is 24.2 Å². The maximum absolute atomic E-state index is 13.2. The van der Waals surface area contributed by atoms with Crippen LogP contribution in [0.25, 0.3) is 5.76 Å². The molecule has 0 aliphatic carbocycles. The lowest BCUT2D eigenvalue weighted by Gasteiger charge is -2.26. The van der Waals surface area contributed by atoms with Crippen molar-refractivity contribution in [2.45, 2.75) is 6.04 Å². The number of benzene rings is 3. The fraction of sp³-hybridized carbons (Fsp3) is 0.120. The van der Waals surface area contributed by atoms with Gasteiger partial charge in [-0.2, -0.15) is 0 Å². The summed E-state index contributed by atoms with van der Waals surface area (Å²) in [4.78, 5) is 27.7. The fourth-order valence-corrected chi connectivity index (χ4v) is 4.03. The van der Waals surface area contributed by atoms with E-state index in [-0.39, 0.29) is 11.3 Å². The van der Waals surface area contributed by atoms with Crippen molar-refractivity contribution in [1.82, 2.24) is 0 Å². The highest BCUT2D eigenvalue weighted by molar-refractivity contribution is 6.51. The first kappa shape index (κ1) is 21.5. The predicted octanol–water partition coefficient (Wildman–Crippen LogP) is 4.98. The Morgan fingerprint density at radius 2 is 1.56 bits per heavy atom. The second-order valence-corrected chi connectivity index (χ2v) is 7.50. The van der Waals surface area contributed by atoms with E-state index in [1.54, 1.807) is 60.7 Å². The maximum atomic E-state index is 13.2. The third-order valence-electron chi connectivity index (χ3n) is 5.34. The van der Waals surface area contributed by atoms with Crippen LogP contribution >= 0.6 is 11.6 Å². The summed E-state index contributed by atoms with van der Waals surface area (Å²) in [6, 6.07) is 19.7. The van der Waals surface area contributed by atoms with Crippen LogP contribution in [0.5, 0.6) is 11.5 Å². The van der Waals surface area contributed by atoms with Gasteiger partial charge in [-0.05, 0) is 36.4 Å². The molecule has 32 heavy (non-hydrogen) atoms. The van der Waals surface area contributed by atoms with Crippen LogP contribution in [0.1, 0.15) is 17.2 Å². The summed E-state index contributed by atoms with van der Waals surface area (Å²) in [6.45, 7) is 0. The highest BCUT2D eigenvalue weighted by Gasteiger charge is 2.47. The standard InChI is InChI=1S/C25H20ClNO5/c1-31-19-11-7-6-10-17(19)22-21(23(28)15-12-13-18(26)20(14-15)32-2)24(29)25(30)27(22)16-8-4-3-5-9-16/h3-14,22,28H,1-2H3/b23-21+. The molecule has 1 fully saturated rings. The molecule has 0 spiro atoms. The summed E-state index contributed by atoms with van der Waals surface area (Å²) in [5, 5.41) is 11.6. The zero-order valence-corrected chi connectivity index (χ0v) is 18.2. The summed E-state index contributed by atoms with van der Waals surface area (Å²) < 4.78 is 10.7. The highest BCUT2D eigenvalue weighted by atomic mass is 35.5. The van der Waals surface area contributed by atoms with Gasteiger partial charge in [0, 0.05) is 16.8 Å². The molecule has 6 nitrogen and oxygen atoms in total. The number of nitrogens with zero attached hydrogens (tertiary/aromatic N) is 1. The first-order valence-corrected chi connectivity index (χ1v) is 10.2. The Labute approximate surface area is 190 Å². The van der Waals surface area contributed by atoms with Gasteiger partial charge in [-0.15, -0.1) is 0 Å². The number of hydrogen-bond acceptors (Lipinski definition) is 5. The van der Waals surface area contributed by atoms with E-state index < -0.39 is 17.7 Å². The molecule has 1 aliphatic rings. The molecular weight excluding hydrogens is 430 g/mol. The number of halogens is 1. The number of rotatable bonds is 5. The number of anilines is 1. The van der Waals surface area contributed by atoms with Crippen LogP contribution in [0.2, 0.25) is 5.02 Å². The third kappa shape index (κ3) is 3.59. The van der Waals surface area contributed by atoms with Gasteiger partial charge in [-0.1, -0.05) is 48.0 Å². The van der Waals surface area contributed by atoms with Crippen molar-refractivity contribution in [1.29, 1.82) is 0 Å². The first-order valence-electron chi connectivity index (χ1n) is 9.80. The molecule has 162 valence electrons. The zero-order valence-electron chi connectivity index (χ0n) is 17.4. The fourth-order valence-electron chi connectivity index (χ4n) is 3.84. The minimum absolute atomic E-state index is 0.0484. The number of amides is 1. The van der Waals surface area contributed by atoms with Gasteiger partial charge in [0.2, 0.25) is 0 Å². The van der Waals surface area contributed by atoms with Crippen LogP contribution in [0.4, 0.5) is 5.69 Å². The quantitative estimate of drug-likeness (QED) is 0.337. The zero-order chi connectivity index (χ0) is 22.8. The Kier molecular flexibility index (Phi) is 5.88. The van der Waals surface area contributed by atoms with Gasteiger partial charge in [-0.3, -0.25) is 14.5 Å². The van der Waals surface area contributed by atoms with Gasteiger partial charge in [0.25, 0.3) is 11.7 Å². The van der Waals surface area contributed by atoms with Gasteiger partial charge in [0.1, 0.15) is 17.3 Å². The Bertz CT molecular complexity index is 1220. The van der Waals surface area contributed by atoms with Crippen molar-refractivity contribution in [3.8, 4) is 11.5 Å². The second kappa shape index (κ2) is 8.77. The molecule has 1 N–H and O–H groups in total. The van der Waals surface area contributed by atoms with Crippen LogP contribution in [-0.2, 0) is 9.59 Å². The molecule has 0 saturated carbocycles. The number of carbonyl (C=O) groups excluding carboxylic acids is 2. The molecule has 3 aromatic carbocycles. The minimum Gasteiger partial charge on any atom is -0.507 e. The van der Waals surface area contributed by atoms with E-state index in [0.717, 1.165) is 0 Å². The summed E-state index contributed by atoms with van der Waals surface area (Å²) in [7, 11) is 2.96. The van der Waals surface area contributed by atoms with Crippen LogP contribution < -0.4 is 14.4 Å². The number of aliphatic hydroxyl groups is 1. The van der Waals surface area contributed by atoms with E-state index in [4.69, 9.17) is 21.1 Å². The van der Waals surface area contributed by atoms with E-state index in [1.807, 2.05) is 6.07 Å². The molecular formula is C25H20ClNO5. The Morgan fingerprint density at radius 1 is 0.906 bits per heavy atom. The van der Waals surface area contributed by atoms with Gasteiger partial charge < -0.3 is 14.6 Å². The minimum atomic E-state index is -0.893. The highest BCUT2D eigenvalue weighted by Crippen LogP contribution is 2.45. The molecule has 3 aromatic rings. The molecule has 1 unspecified atom stereocenters. The smallest absolute Gasteiger partial charge is 0.300 e. The van der Waals surface area contributed by atoms with Crippen LogP contribution in [0, 0.1) is 0 Å². The van der Waals surface area contributed by atoms with E-state index >= 15 is 0 Å². The monoisotopic (exact) mass is 449 g/mol. The van der Waals surface area contributed by atoms with Gasteiger partial charge in [0.05, 0.1) is 30.9 Å². The number of Topliss-reactive ketones (excluding diaryl/α,β-unsaturated/α-hetero) is 1. The molecule has 0 aromatic heterocycles. The van der Waals surface area contributed by atoms with E-state index in [2.05, 4.69) is 0 Å². The average Bonchev–Trinajstić information content (AvgIpc) is 3.09.